The molecule has 1 fully saturated rings. The Hall–Kier alpha value is -3.13. The first kappa shape index (κ1) is 25.5. The molecular formula is C22H19IN2O8S. The molecule has 2 aromatic carbocycles. The molecule has 34 heavy (non-hydrogen) atoms. The van der Waals surface area contributed by atoms with Crippen LogP contribution < -0.4 is 9.47 Å². The Bertz CT molecular complexity index is 1180. The van der Waals surface area contributed by atoms with Gasteiger partial charge in [-0.05, 0) is 65.0 Å². The van der Waals surface area contributed by atoms with Gasteiger partial charge in [-0.1, -0.05) is 18.2 Å². The number of esters is 1. The summed E-state index contributed by atoms with van der Waals surface area (Å²) in [6, 6.07) is 9.27. The van der Waals surface area contributed by atoms with E-state index in [-0.39, 0.29) is 35.9 Å². The SMILES string of the molecule is CCOC(=O)COc1c(I)cc(/C=C2/SC(=O)N(Cc3ccccc3[N+](=O)[O-])C2=O)cc1OC. The number of amides is 2. The molecule has 0 aromatic heterocycles. The standard InChI is InChI=1S/C22H19IN2O8S/c1-3-32-19(26)12-33-20-15(23)8-13(9-17(20)31-2)10-18-21(27)24(22(28)34-18)11-14-6-4-5-7-16(14)25(29)30/h4-10H,3,11-12H2,1-2H3/b18-10+. The van der Waals surface area contributed by atoms with E-state index >= 15 is 0 Å². The number of rotatable bonds is 9. The van der Waals surface area contributed by atoms with Crippen LogP contribution in [0.1, 0.15) is 18.1 Å². The molecule has 0 spiro atoms. The first-order valence-corrected chi connectivity index (χ1v) is 11.8. The van der Waals surface area contributed by atoms with Gasteiger partial charge < -0.3 is 14.2 Å². The van der Waals surface area contributed by atoms with Crippen molar-refractivity contribution in [1.29, 1.82) is 0 Å². The molecule has 1 heterocycles. The predicted octanol–water partition coefficient (Wildman–Crippen LogP) is 4.39. The van der Waals surface area contributed by atoms with Crippen LogP contribution in [-0.4, -0.2) is 47.3 Å². The highest BCUT2D eigenvalue weighted by atomic mass is 127. The molecule has 1 saturated heterocycles. The molecule has 2 aromatic rings. The zero-order chi connectivity index (χ0) is 24.8. The van der Waals surface area contributed by atoms with E-state index in [1.165, 1.54) is 31.4 Å². The predicted molar refractivity (Wildman–Crippen MR) is 132 cm³/mol. The van der Waals surface area contributed by atoms with Crippen molar-refractivity contribution in [3.8, 4) is 11.5 Å². The minimum atomic E-state index is -0.552. The summed E-state index contributed by atoms with van der Waals surface area (Å²) in [5.74, 6) is -0.388. The number of methoxy groups -OCH3 is 1. The lowest BCUT2D eigenvalue weighted by Gasteiger charge is -2.13. The number of ether oxygens (including phenoxy) is 3. The summed E-state index contributed by atoms with van der Waals surface area (Å²) in [4.78, 5) is 48.8. The third-order valence-corrected chi connectivity index (χ3v) is 6.29. The minimum absolute atomic E-state index is 0.164. The van der Waals surface area contributed by atoms with Crippen LogP contribution in [0.15, 0.2) is 41.3 Å². The van der Waals surface area contributed by atoms with E-state index in [0.717, 1.165) is 16.7 Å². The summed E-state index contributed by atoms with van der Waals surface area (Å²) >= 11 is 2.75. The molecule has 0 atom stereocenters. The molecule has 0 bridgehead atoms. The van der Waals surface area contributed by atoms with Gasteiger partial charge in [0.25, 0.3) is 16.8 Å². The Morgan fingerprint density at radius 2 is 2.00 bits per heavy atom. The molecular weight excluding hydrogens is 579 g/mol. The smallest absolute Gasteiger partial charge is 0.344 e. The first-order chi connectivity index (χ1) is 16.2. The monoisotopic (exact) mass is 598 g/mol. The maximum atomic E-state index is 12.9. The van der Waals surface area contributed by atoms with Crippen LogP contribution in [0.25, 0.3) is 6.08 Å². The molecule has 1 aliphatic rings. The van der Waals surface area contributed by atoms with Gasteiger partial charge in [0, 0.05) is 11.6 Å². The average molecular weight is 598 g/mol. The Kier molecular flexibility index (Phi) is 8.50. The number of nitro groups is 1. The number of hydrogen-bond acceptors (Lipinski definition) is 9. The Labute approximate surface area is 212 Å². The third kappa shape index (κ3) is 5.86. The summed E-state index contributed by atoms with van der Waals surface area (Å²) in [6.45, 7) is 1.44. The van der Waals surface area contributed by atoms with Crippen molar-refractivity contribution in [1.82, 2.24) is 4.90 Å². The number of imide groups is 1. The lowest BCUT2D eigenvalue weighted by Crippen LogP contribution is -2.27. The average Bonchev–Trinajstić information content (AvgIpc) is 3.05. The van der Waals surface area contributed by atoms with E-state index in [9.17, 15) is 24.5 Å². The van der Waals surface area contributed by atoms with Crippen molar-refractivity contribution < 1.29 is 33.5 Å². The highest BCUT2D eigenvalue weighted by Gasteiger charge is 2.36. The van der Waals surface area contributed by atoms with Crippen LogP contribution in [-0.2, 0) is 20.9 Å². The zero-order valence-corrected chi connectivity index (χ0v) is 21.1. The lowest BCUT2D eigenvalue weighted by atomic mass is 10.1. The molecule has 1 aliphatic heterocycles. The lowest BCUT2D eigenvalue weighted by molar-refractivity contribution is -0.385. The van der Waals surface area contributed by atoms with Crippen LogP contribution in [0, 0.1) is 13.7 Å². The van der Waals surface area contributed by atoms with E-state index in [1.807, 2.05) is 22.6 Å². The molecule has 2 amide bonds. The van der Waals surface area contributed by atoms with Crippen molar-refractivity contribution in [2.75, 3.05) is 20.3 Å². The van der Waals surface area contributed by atoms with Crippen LogP contribution in [0.2, 0.25) is 0 Å². The summed E-state index contributed by atoms with van der Waals surface area (Å²) in [5.41, 5.74) is 0.666. The number of nitro benzene ring substituents is 1. The van der Waals surface area contributed by atoms with E-state index in [1.54, 1.807) is 25.1 Å². The maximum Gasteiger partial charge on any atom is 0.344 e. The second-order valence-electron chi connectivity index (χ2n) is 6.78. The van der Waals surface area contributed by atoms with E-state index < -0.39 is 22.0 Å². The minimum Gasteiger partial charge on any atom is -0.493 e. The number of carbonyl (C=O) groups excluding carboxylic acids is 3. The molecule has 178 valence electrons. The number of hydrogen-bond donors (Lipinski definition) is 0. The Morgan fingerprint density at radius 1 is 1.26 bits per heavy atom. The number of carbonyl (C=O) groups is 3. The molecule has 0 unspecified atom stereocenters. The number of nitrogens with zero attached hydrogens (tertiary/aromatic N) is 2. The summed E-state index contributed by atoms with van der Waals surface area (Å²) in [6.07, 6.45) is 1.53. The van der Waals surface area contributed by atoms with E-state index in [0.29, 0.717) is 20.6 Å². The third-order valence-electron chi connectivity index (χ3n) is 4.58. The van der Waals surface area contributed by atoms with Gasteiger partial charge in [-0.25, -0.2) is 4.79 Å². The van der Waals surface area contributed by atoms with E-state index in [4.69, 9.17) is 14.2 Å². The molecule has 0 radical (unpaired) electrons. The van der Waals surface area contributed by atoms with Crippen LogP contribution in [0.5, 0.6) is 11.5 Å². The second kappa shape index (κ2) is 11.3. The van der Waals surface area contributed by atoms with Crippen molar-refractivity contribution in [2.45, 2.75) is 13.5 Å². The van der Waals surface area contributed by atoms with Gasteiger partial charge in [-0.3, -0.25) is 24.6 Å². The highest BCUT2D eigenvalue weighted by Crippen LogP contribution is 2.38. The molecule has 10 nitrogen and oxygen atoms in total. The first-order valence-electron chi connectivity index (χ1n) is 9.88. The molecule has 0 saturated carbocycles. The van der Waals surface area contributed by atoms with Crippen molar-refractivity contribution in [3.05, 3.63) is 66.1 Å². The Balaban J connectivity index is 1.82. The molecule has 0 N–H and O–H groups in total. The number of benzene rings is 2. The summed E-state index contributed by atoms with van der Waals surface area (Å²) in [5, 5.41) is 10.7. The van der Waals surface area contributed by atoms with Crippen LogP contribution in [0.4, 0.5) is 10.5 Å². The zero-order valence-electron chi connectivity index (χ0n) is 18.1. The maximum absolute atomic E-state index is 12.9. The van der Waals surface area contributed by atoms with Crippen LogP contribution >= 0.6 is 34.4 Å². The van der Waals surface area contributed by atoms with Gasteiger partial charge in [-0.15, -0.1) is 0 Å². The van der Waals surface area contributed by atoms with Crippen LogP contribution in [0.3, 0.4) is 0 Å². The summed E-state index contributed by atoms with van der Waals surface area (Å²) in [7, 11) is 1.44. The normalized spacial score (nSPS) is 14.4. The van der Waals surface area contributed by atoms with Gasteiger partial charge in [0.05, 0.1) is 33.7 Å². The molecule has 12 heteroatoms. The van der Waals surface area contributed by atoms with Gasteiger partial charge >= 0.3 is 5.97 Å². The van der Waals surface area contributed by atoms with Crippen molar-refractivity contribution >= 4 is 63.2 Å². The second-order valence-corrected chi connectivity index (χ2v) is 8.94. The van der Waals surface area contributed by atoms with Gasteiger partial charge in [0.2, 0.25) is 0 Å². The molecule has 0 aliphatic carbocycles. The Morgan fingerprint density at radius 3 is 2.68 bits per heavy atom. The fourth-order valence-corrected chi connectivity index (χ4v) is 4.70. The summed E-state index contributed by atoms with van der Waals surface area (Å²) < 4.78 is 16.4. The fourth-order valence-electron chi connectivity index (χ4n) is 3.08. The van der Waals surface area contributed by atoms with Gasteiger partial charge in [-0.2, -0.15) is 0 Å². The topological polar surface area (TPSA) is 125 Å². The van der Waals surface area contributed by atoms with Gasteiger partial charge in [0.15, 0.2) is 18.1 Å². The number of thioether (sulfide) groups is 1. The fraction of sp³-hybridized carbons (Fsp3) is 0.227. The molecule has 3 rings (SSSR count). The number of halogens is 1. The largest absolute Gasteiger partial charge is 0.493 e. The van der Waals surface area contributed by atoms with Crippen molar-refractivity contribution in [3.63, 3.8) is 0 Å². The van der Waals surface area contributed by atoms with Gasteiger partial charge in [0.1, 0.15) is 0 Å². The quantitative estimate of drug-likeness (QED) is 0.136. The van der Waals surface area contributed by atoms with E-state index in [2.05, 4.69) is 0 Å². The highest BCUT2D eigenvalue weighted by molar-refractivity contribution is 14.1. The number of para-hydroxylation sites is 1. The van der Waals surface area contributed by atoms with Crippen molar-refractivity contribution in [2.24, 2.45) is 0 Å².